The van der Waals surface area contributed by atoms with Crippen LogP contribution in [-0.4, -0.2) is 19.3 Å². The van der Waals surface area contributed by atoms with Crippen LogP contribution in [-0.2, 0) is 0 Å². The quantitative estimate of drug-likeness (QED) is 0.780. The van der Waals surface area contributed by atoms with Crippen LogP contribution in [0, 0.1) is 0 Å². The molecule has 0 fully saturated rings. The van der Waals surface area contributed by atoms with Crippen molar-refractivity contribution in [2.75, 3.05) is 14.2 Å². The van der Waals surface area contributed by atoms with Crippen LogP contribution in [0.25, 0.3) is 11.0 Å². The molecule has 0 bridgehead atoms. The highest BCUT2D eigenvalue weighted by Crippen LogP contribution is 2.33. The summed E-state index contributed by atoms with van der Waals surface area (Å²) in [5, 5.41) is 9.97. The van der Waals surface area contributed by atoms with Gasteiger partial charge < -0.3 is 19.0 Å². The average Bonchev–Trinajstić information content (AvgIpc) is 2.30. The van der Waals surface area contributed by atoms with Gasteiger partial charge in [0.1, 0.15) is 11.3 Å². The third kappa shape index (κ3) is 1.46. The van der Waals surface area contributed by atoms with Gasteiger partial charge in [-0.25, -0.2) is 4.79 Å². The molecule has 1 N–H and O–H groups in total. The van der Waals surface area contributed by atoms with E-state index in [9.17, 15) is 9.90 Å². The van der Waals surface area contributed by atoms with Crippen LogP contribution in [0.4, 0.5) is 0 Å². The van der Waals surface area contributed by atoms with Crippen LogP contribution in [0.1, 0.15) is 0 Å². The van der Waals surface area contributed by atoms with Crippen LogP contribution < -0.4 is 15.1 Å². The van der Waals surface area contributed by atoms with E-state index in [4.69, 9.17) is 13.9 Å². The number of rotatable bonds is 2. The fourth-order valence-electron chi connectivity index (χ4n) is 1.48. The SMILES string of the molecule is COc1ccc2c(OC)c(O)c(=O)oc2c1. The maximum Gasteiger partial charge on any atom is 0.382 e. The first-order valence-electron chi connectivity index (χ1n) is 4.55. The fraction of sp³-hybridized carbons (Fsp3) is 0.182. The Bertz CT molecular complexity index is 585. The van der Waals surface area contributed by atoms with Gasteiger partial charge in [0.15, 0.2) is 5.75 Å². The molecule has 2 rings (SSSR count). The Morgan fingerprint density at radius 3 is 2.62 bits per heavy atom. The summed E-state index contributed by atoms with van der Waals surface area (Å²) in [7, 11) is 2.88. The summed E-state index contributed by atoms with van der Waals surface area (Å²) in [6.07, 6.45) is 0. The second-order valence-electron chi connectivity index (χ2n) is 3.13. The monoisotopic (exact) mass is 222 g/mol. The van der Waals surface area contributed by atoms with E-state index in [2.05, 4.69) is 0 Å². The topological polar surface area (TPSA) is 68.9 Å². The Hall–Kier alpha value is -2.17. The Morgan fingerprint density at radius 1 is 1.25 bits per heavy atom. The first kappa shape index (κ1) is 10.4. The lowest BCUT2D eigenvalue weighted by Crippen LogP contribution is -2.01. The van der Waals surface area contributed by atoms with Crippen molar-refractivity contribution in [3.05, 3.63) is 28.6 Å². The minimum atomic E-state index is -0.836. The van der Waals surface area contributed by atoms with Gasteiger partial charge in [-0.15, -0.1) is 0 Å². The van der Waals surface area contributed by atoms with Crippen molar-refractivity contribution in [3.63, 3.8) is 0 Å². The van der Waals surface area contributed by atoms with Gasteiger partial charge in [0.2, 0.25) is 5.75 Å². The number of ether oxygens (including phenoxy) is 2. The molecule has 0 spiro atoms. The molecule has 5 nitrogen and oxygen atoms in total. The van der Waals surface area contributed by atoms with Gasteiger partial charge in [-0.05, 0) is 12.1 Å². The lowest BCUT2D eigenvalue weighted by Gasteiger charge is -2.06. The molecule has 1 heterocycles. The van der Waals surface area contributed by atoms with Crippen molar-refractivity contribution in [2.45, 2.75) is 0 Å². The maximum atomic E-state index is 11.3. The molecule has 0 radical (unpaired) electrons. The first-order valence-corrected chi connectivity index (χ1v) is 4.55. The number of fused-ring (bicyclic) bond motifs is 1. The summed E-state index contributed by atoms with van der Waals surface area (Å²) in [5.41, 5.74) is -0.531. The summed E-state index contributed by atoms with van der Waals surface area (Å²) >= 11 is 0. The molecule has 0 aliphatic rings. The summed E-state index contributed by atoms with van der Waals surface area (Å²) in [5.74, 6) is 0.137. The molecule has 0 atom stereocenters. The molecular formula is C11H10O5. The summed E-state index contributed by atoms with van der Waals surface area (Å²) in [6.45, 7) is 0. The Balaban J connectivity index is 2.85. The summed E-state index contributed by atoms with van der Waals surface area (Å²) in [6, 6.07) is 4.89. The van der Waals surface area contributed by atoms with Gasteiger partial charge in [-0.2, -0.15) is 0 Å². The highest BCUT2D eigenvalue weighted by molar-refractivity contribution is 5.86. The van der Waals surface area contributed by atoms with Crippen LogP contribution in [0.2, 0.25) is 0 Å². The van der Waals surface area contributed by atoms with Crippen molar-refractivity contribution < 1.29 is 19.0 Å². The molecular weight excluding hydrogens is 212 g/mol. The molecule has 0 aliphatic carbocycles. The zero-order chi connectivity index (χ0) is 11.7. The second-order valence-corrected chi connectivity index (χ2v) is 3.13. The lowest BCUT2D eigenvalue weighted by atomic mass is 10.2. The van der Waals surface area contributed by atoms with Gasteiger partial charge in [0.25, 0.3) is 0 Å². The van der Waals surface area contributed by atoms with Crippen LogP contribution in [0.15, 0.2) is 27.4 Å². The average molecular weight is 222 g/mol. The molecule has 1 aromatic heterocycles. The molecule has 2 aromatic rings. The van der Waals surface area contributed by atoms with Gasteiger partial charge >= 0.3 is 5.63 Å². The van der Waals surface area contributed by atoms with E-state index in [1.54, 1.807) is 18.2 Å². The predicted octanol–water partition coefficient (Wildman–Crippen LogP) is 1.52. The van der Waals surface area contributed by atoms with Crippen molar-refractivity contribution in [2.24, 2.45) is 0 Å². The Morgan fingerprint density at radius 2 is 2.00 bits per heavy atom. The van der Waals surface area contributed by atoms with E-state index < -0.39 is 11.4 Å². The summed E-state index contributed by atoms with van der Waals surface area (Å²) in [4.78, 5) is 11.3. The van der Waals surface area contributed by atoms with E-state index >= 15 is 0 Å². The largest absolute Gasteiger partial charge is 0.499 e. The molecule has 0 unspecified atom stereocenters. The van der Waals surface area contributed by atoms with Gasteiger partial charge in [0.05, 0.1) is 19.6 Å². The summed E-state index contributed by atoms with van der Waals surface area (Å²) < 4.78 is 14.9. The zero-order valence-electron chi connectivity index (χ0n) is 8.81. The number of benzene rings is 1. The predicted molar refractivity (Wildman–Crippen MR) is 57.3 cm³/mol. The van der Waals surface area contributed by atoms with E-state index in [0.717, 1.165) is 0 Å². The van der Waals surface area contributed by atoms with E-state index in [0.29, 0.717) is 16.7 Å². The fourth-order valence-corrected chi connectivity index (χ4v) is 1.48. The highest BCUT2D eigenvalue weighted by Gasteiger charge is 2.14. The van der Waals surface area contributed by atoms with Crippen LogP contribution in [0.5, 0.6) is 17.2 Å². The Labute approximate surface area is 90.8 Å². The number of methoxy groups -OCH3 is 2. The lowest BCUT2D eigenvalue weighted by molar-refractivity contribution is 0.357. The van der Waals surface area contributed by atoms with E-state index in [1.807, 2.05) is 0 Å². The van der Waals surface area contributed by atoms with Gasteiger partial charge in [-0.1, -0.05) is 0 Å². The molecule has 0 amide bonds. The maximum absolute atomic E-state index is 11.3. The molecule has 0 saturated carbocycles. The molecule has 1 aromatic carbocycles. The molecule has 0 saturated heterocycles. The van der Waals surface area contributed by atoms with Crippen molar-refractivity contribution in [3.8, 4) is 17.2 Å². The molecule has 16 heavy (non-hydrogen) atoms. The number of hydrogen-bond donors (Lipinski definition) is 1. The van der Waals surface area contributed by atoms with E-state index in [1.165, 1.54) is 14.2 Å². The minimum Gasteiger partial charge on any atom is -0.499 e. The van der Waals surface area contributed by atoms with Gasteiger partial charge in [-0.3, -0.25) is 0 Å². The minimum absolute atomic E-state index is 0.105. The van der Waals surface area contributed by atoms with Crippen molar-refractivity contribution in [1.82, 2.24) is 0 Å². The zero-order valence-corrected chi connectivity index (χ0v) is 8.81. The highest BCUT2D eigenvalue weighted by atomic mass is 16.5. The smallest absolute Gasteiger partial charge is 0.382 e. The number of aromatic hydroxyl groups is 1. The third-order valence-corrected chi connectivity index (χ3v) is 2.25. The van der Waals surface area contributed by atoms with Crippen LogP contribution >= 0.6 is 0 Å². The standard InChI is InChI=1S/C11H10O5/c1-14-6-3-4-7-8(5-6)16-11(13)9(12)10(7)15-2/h3-5,12H,1-2H3. The van der Waals surface area contributed by atoms with Crippen molar-refractivity contribution >= 4 is 11.0 Å². The van der Waals surface area contributed by atoms with Crippen LogP contribution in [0.3, 0.4) is 0 Å². The normalized spacial score (nSPS) is 10.4. The van der Waals surface area contributed by atoms with Gasteiger partial charge in [0, 0.05) is 6.07 Å². The number of hydrogen-bond acceptors (Lipinski definition) is 5. The molecule has 84 valence electrons. The Kier molecular flexibility index (Phi) is 2.44. The first-order chi connectivity index (χ1) is 7.67. The molecule has 5 heteroatoms. The van der Waals surface area contributed by atoms with E-state index in [-0.39, 0.29) is 5.75 Å². The third-order valence-electron chi connectivity index (χ3n) is 2.25. The molecule has 0 aliphatic heterocycles. The van der Waals surface area contributed by atoms with Crippen molar-refractivity contribution in [1.29, 1.82) is 0 Å². The second kappa shape index (κ2) is 3.77.